The van der Waals surface area contributed by atoms with Gasteiger partial charge in [-0.05, 0) is 44.0 Å². The molecule has 1 aromatic carbocycles. The second-order valence-corrected chi connectivity index (χ2v) is 4.31. The van der Waals surface area contributed by atoms with E-state index in [4.69, 9.17) is 16.7 Å². The number of alkyl halides is 1. The highest BCUT2D eigenvalue weighted by molar-refractivity contribution is 6.17. The Morgan fingerprint density at radius 1 is 1.09 bits per heavy atom. The fraction of sp³-hybridized carbons (Fsp3) is 0.529. The van der Waals surface area contributed by atoms with Crippen LogP contribution in [-0.2, 0) is 9.53 Å². The Kier molecular flexibility index (Phi) is 28.6. The van der Waals surface area contributed by atoms with Crippen LogP contribution in [0.25, 0.3) is 0 Å². The predicted molar refractivity (Wildman–Crippen MR) is 93.0 cm³/mol. The summed E-state index contributed by atoms with van der Waals surface area (Å²) < 4.78 is 4.54. The third-order valence-corrected chi connectivity index (χ3v) is 2.29. The molecule has 0 saturated carbocycles. The van der Waals surface area contributed by atoms with Gasteiger partial charge in [0.15, 0.2) is 0 Å². The molecule has 0 amide bonds. The molecule has 1 rings (SSSR count). The highest BCUT2D eigenvalue weighted by Crippen LogP contribution is 2.07. The first-order valence-electron chi connectivity index (χ1n) is 7.30. The van der Waals surface area contributed by atoms with E-state index >= 15 is 0 Å². The fourth-order valence-electron chi connectivity index (χ4n) is 0.671. The molecular formula is C17H29ClO4. The summed E-state index contributed by atoms with van der Waals surface area (Å²) in [6.45, 7) is 6.81. The maximum absolute atomic E-state index is 10.0. The minimum atomic E-state index is 0.181. The van der Waals surface area contributed by atoms with E-state index in [0.29, 0.717) is 12.0 Å². The van der Waals surface area contributed by atoms with Crippen LogP contribution in [0.15, 0.2) is 24.3 Å². The molecule has 128 valence electrons. The van der Waals surface area contributed by atoms with E-state index in [1.165, 1.54) is 12.1 Å². The van der Waals surface area contributed by atoms with Crippen LogP contribution in [0.5, 0.6) is 5.75 Å². The summed E-state index contributed by atoms with van der Waals surface area (Å²) in [5, 5.41) is 8.74. The van der Waals surface area contributed by atoms with E-state index in [2.05, 4.69) is 4.74 Å². The number of unbranched alkanes of at least 4 members (excludes halogenated alkanes) is 1. The maximum atomic E-state index is 10.0. The smallest absolute Gasteiger partial charge is 0.150 e. The molecule has 0 aromatic heterocycles. The third-order valence-electron chi connectivity index (χ3n) is 1.91. The largest absolute Gasteiger partial charge is 0.508 e. The van der Waals surface area contributed by atoms with Crippen LogP contribution >= 0.6 is 11.6 Å². The lowest BCUT2D eigenvalue weighted by molar-refractivity contribution is -0.107. The molecule has 0 saturated heterocycles. The molecule has 4 nitrogen and oxygen atoms in total. The summed E-state index contributed by atoms with van der Waals surface area (Å²) in [5.41, 5.74) is 0.577. The Hall–Kier alpha value is -1.39. The number of rotatable bonds is 5. The van der Waals surface area contributed by atoms with Gasteiger partial charge < -0.3 is 14.6 Å². The molecule has 0 aliphatic carbocycles. The van der Waals surface area contributed by atoms with Crippen LogP contribution in [0.3, 0.4) is 0 Å². The number of aromatic hydroxyl groups is 1. The number of halogens is 1. The van der Waals surface area contributed by atoms with Gasteiger partial charge in [0.25, 0.3) is 0 Å². The van der Waals surface area contributed by atoms with Crippen molar-refractivity contribution in [3.05, 3.63) is 29.8 Å². The quantitative estimate of drug-likeness (QED) is 0.638. The Labute approximate surface area is 139 Å². The summed E-state index contributed by atoms with van der Waals surface area (Å²) in [6, 6.07) is 6.07. The van der Waals surface area contributed by atoms with E-state index in [-0.39, 0.29) is 5.75 Å². The Morgan fingerprint density at radius 2 is 1.55 bits per heavy atom. The number of aldehydes is 2. The topological polar surface area (TPSA) is 63.6 Å². The first-order valence-corrected chi connectivity index (χ1v) is 7.83. The third kappa shape index (κ3) is 27.0. The highest BCUT2D eigenvalue weighted by atomic mass is 35.5. The number of carbonyl (C=O) groups is 2. The van der Waals surface area contributed by atoms with Crippen molar-refractivity contribution in [1.29, 1.82) is 0 Å². The molecule has 0 fully saturated rings. The van der Waals surface area contributed by atoms with Gasteiger partial charge in [-0.3, -0.25) is 4.79 Å². The van der Waals surface area contributed by atoms with Gasteiger partial charge in [-0.15, -0.1) is 11.6 Å². The van der Waals surface area contributed by atoms with Gasteiger partial charge in [-0.1, -0.05) is 13.8 Å². The molecule has 0 unspecified atom stereocenters. The molecule has 0 radical (unpaired) electrons. The summed E-state index contributed by atoms with van der Waals surface area (Å²) >= 11 is 5.19. The predicted octanol–water partition coefficient (Wildman–Crippen LogP) is 4.48. The lowest BCUT2D eigenvalue weighted by atomic mass is 10.2. The van der Waals surface area contributed by atoms with Gasteiger partial charge in [0, 0.05) is 31.6 Å². The van der Waals surface area contributed by atoms with Crippen LogP contribution in [0, 0.1) is 0 Å². The minimum absolute atomic E-state index is 0.181. The first kappa shape index (κ1) is 25.6. The molecule has 0 aliphatic heterocycles. The molecule has 0 atom stereocenters. The molecule has 1 N–H and O–H groups in total. The average Bonchev–Trinajstić information content (AvgIpc) is 2.57. The summed E-state index contributed by atoms with van der Waals surface area (Å²) in [5.74, 6) is 0.973. The Bertz CT molecular complexity index is 318. The second-order valence-electron chi connectivity index (χ2n) is 3.93. The number of phenolic OH excluding ortho intramolecular Hbond substituents is 1. The van der Waals surface area contributed by atoms with Crippen molar-refractivity contribution in [2.45, 2.75) is 40.0 Å². The van der Waals surface area contributed by atoms with E-state index in [1.807, 2.05) is 20.8 Å². The van der Waals surface area contributed by atoms with E-state index in [9.17, 15) is 9.59 Å². The number of benzene rings is 1. The van der Waals surface area contributed by atoms with E-state index in [1.54, 1.807) is 19.2 Å². The zero-order chi connectivity index (χ0) is 17.6. The van der Waals surface area contributed by atoms with Gasteiger partial charge in [0.1, 0.15) is 18.3 Å². The normalized spacial score (nSPS) is 8.05. The van der Waals surface area contributed by atoms with Gasteiger partial charge in [0.05, 0.1) is 0 Å². The SMILES string of the molecule is CCCC=O.CCCCl.CCOC.O=Cc1ccc(O)cc1. The van der Waals surface area contributed by atoms with Gasteiger partial charge in [-0.25, -0.2) is 0 Å². The molecule has 1 aromatic rings. The standard InChI is InChI=1S/C7H6O2.C4H8O.C3H7Cl.C3H8O/c8-5-6-1-3-7(9)4-2-6;1-2-3-4-5;1-2-3-4;1-3-4-2/h1-5,9H;4H,2-3H2,1H3;2-3H2,1H3;3H2,1-2H3. The number of methoxy groups -OCH3 is 1. The van der Waals surface area contributed by atoms with Crippen molar-refractivity contribution < 1.29 is 19.4 Å². The minimum Gasteiger partial charge on any atom is -0.508 e. The zero-order valence-corrected chi connectivity index (χ0v) is 14.8. The van der Waals surface area contributed by atoms with Crippen LogP contribution in [0.2, 0.25) is 0 Å². The number of phenols is 1. The van der Waals surface area contributed by atoms with Crippen molar-refractivity contribution in [3.8, 4) is 5.75 Å². The van der Waals surface area contributed by atoms with Crippen LogP contribution in [0.4, 0.5) is 0 Å². The van der Waals surface area contributed by atoms with Gasteiger partial charge in [0.2, 0.25) is 0 Å². The summed E-state index contributed by atoms with van der Waals surface area (Å²) in [7, 11) is 1.68. The molecule has 0 spiro atoms. The second kappa shape index (κ2) is 24.6. The fourth-order valence-corrected chi connectivity index (χ4v) is 0.671. The molecule has 0 aliphatic rings. The Balaban J connectivity index is -0.000000240. The molecule has 5 heteroatoms. The van der Waals surface area contributed by atoms with Crippen molar-refractivity contribution in [2.24, 2.45) is 0 Å². The van der Waals surface area contributed by atoms with Crippen molar-refractivity contribution >= 4 is 24.2 Å². The van der Waals surface area contributed by atoms with Crippen LogP contribution in [0.1, 0.15) is 50.4 Å². The molecule has 0 heterocycles. The van der Waals surface area contributed by atoms with E-state index in [0.717, 1.165) is 37.9 Å². The number of hydrogen-bond acceptors (Lipinski definition) is 4. The van der Waals surface area contributed by atoms with Gasteiger partial charge in [-0.2, -0.15) is 0 Å². The highest BCUT2D eigenvalue weighted by Gasteiger charge is 1.86. The maximum Gasteiger partial charge on any atom is 0.150 e. The average molecular weight is 333 g/mol. The van der Waals surface area contributed by atoms with Crippen molar-refractivity contribution in [3.63, 3.8) is 0 Å². The molecule has 22 heavy (non-hydrogen) atoms. The lowest BCUT2D eigenvalue weighted by Gasteiger charge is -1.88. The van der Waals surface area contributed by atoms with Gasteiger partial charge >= 0.3 is 0 Å². The van der Waals surface area contributed by atoms with Crippen molar-refractivity contribution in [2.75, 3.05) is 19.6 Å². The summed E-state index contributed by atoms with van der Waals surface area (Å²) in [6.07, 6.45) is 4.44. The van der Waals surface area contributed by atoms with Crippen LogP contribution in [-0.4, -0.2) is 37.3 Å². The van der Waals surface area contributed by atoms with Crippen LogP contribution < -0.4 is 0 Å². The number of hydrogen-bond donors (Lipinski definition) is 1. The van der Waals surface area contributed by atoms with Crippen molar-refractivity contribution in [1.82, 2.24) is 0 Å². The lowest BCUT2D eigenvalue weighted by Crippen LogP contribution is -1.74. The monoisotopic (exact) mass is 332 g/mol. The zero-order valence-electron chi connectivity index (χ0n) is 14.0. The number of carbonyl (C=O) groups excluding carboxylic acids is 2. The summed E-state index contributed by atoms with van der Waals surface area (Å²) in [4.78, 5) is 19.4. The molecule has 0 bridgehead atoms. The Morgan fingerprint density at radius 3 is 1.73 bits per heavy atom. The molecular weight excluding hydrogens is 304 g/mol. The van der Waals surface area contributed by atoms with E-state index < -0.39 is 0 Å². The number of ether oxygens (including phenoxy) is 1. The first-order chi connectivity index (χ1) is 10.6.